The molecule has 3 heteroatoms. The summed E-state index contributed by atoms with van der Waals surface area (Å²) in [6.45, 7) is 0. The van der Waals surface area contributed by atoms with Crippen LogP contribution >= 0.6 is 0 Å². The summed E-state index contributed by atoms with van der Waals surface area (Å²) in [5.74, 6) is 1.94. The highest BCUT2D eigenvalue weighted by Gasteiger charge is 2.15. The topological polar surface area (TPSA) is 38.7 Å². The van der Waals surface area contributed by atoms with Crippen LogP contribution in [0.2, 0.25) is 0 Å². The fourth-order valence-corrected chi connectivity index (χ4v) is 6.74. The van der Waals surface area contributed by atoms with Gasteiger partial charge in [0.25, 0.3) is 0 Å². The van der Waals surface area contributed by atoms with E-state index in [1.807, 2.05) is 36.4 Å². The molecule has 0 N–H and O–H groups in total. The maximum Gasteiger partial charge on any atom is 0.164 e. The highest BCUT2D eigenvalue weighted by molar-refractivity contribution is 6.20. The molecule has 0 aliphatic carbocycles. The van der Waals surface area contributed by atoms with Crippen LogP contribution in [0.5, 0.6) is 0 Å². The molecule has 0 fully saturated rings. The maximum atomic E-state index is 5.05. The Morgan fingerprint density at radius 2 is 0.771 bits per heavy atom. The fraction of sp³-hybridized carbons (Fsp3) is 0. The smallest absolute Gasteiger partial charge is 0.164 e. The minimum absolute atomic E-state index is 0.643. The molecular formula is C45H29N3. The molecule has 0 radical (unpaired) electrons. The average Bonchev–Trinajstić information content (AvgIpc) is 3.17. The van der Waals surface area contributed by atoms with Gasteiger partial charge in [0.15, 0.2) is 17.5 Å². The van der Waals surface area contributed by atoms with Gasteiger partial charge in [-0.1, -0.05) is 164 Å². The molecule has 0 saturated carbocycles. The van der Waals surface area contributed by atoms with Crippen LogP contribution in [0.15, 0.2) is 176 Å². The molecule has 0 atom stereocenters. The van der Waals surface area contributed by atoms with Crippen LogP contribution in [0.3, 0.4) is 0 Å². The normalized spacial score (nSPS) is 11.3. The lowest BCUT2D eigenvalue weighted by Crippen LogP contribution is -2.00. The van der Waals surface area contributed by atoms with Crippen LogP contribution in [-0.2, 0) is 0 Å². The third-order valence-corrected chi connectivity index (χ3v) is 9.10. The molecule has 9 rings (SSSR count). The summed E-state index contributed by atoms with van der Waals surface area (Å²) in [5.41, 5.74) is 7.50. The Kier molecular flexibility index (Phi) is 6.80. The van der Waals surface area contributed by atoms with Crippen LogP contribution in [-0.4, -0.2) is 15.0 Å². The van der Waals surface area contributed by atoms with Gasteiger partial charge >= 0.3 is 0 Å². The minimum atomic E-state index is 0.643. The van der Waals surface area contributed by atoms with Gasteiger partial charge in [0.1, 0.15) is 0 Å². The summed E-state index contributed by atoms with van der Waals surface area (Å²) in [6.07, 6.45) is 0. The second kappa shape index (κ2) is 11.7. The quantitative estimate of drug-likeness (QED) is 0.144. The van der Waals surface area contributed by atoms with Crippen molar-refractivity contribution in [3.05, 3.63) is 176 Å². The van der Waals surface area contributed by atoms with Crippen molar-refractivity contribution in [1.82, 2.24) is 15.0 Å². The van der Waals surface area contributed by atoms with Gasteiger partial charge in [-0.15, -0.1) is 0 Å². The van der Waals surface area contributed by atoms with Crippen molar-refractivity contribution in [2.75, 3.05) is 0 Å². The lowest BCUT2D eigenvalue weighted by molar-refractivity contribution is 1.07. The van der Waals surface area contributed by atoms with Gasteiger partial charge in [0.2, 0.25) is 0 Å². The highest BCUT2D eigenvalue weighted by Crippen LogP contribution is 2.40. The van der Waals surface area contributed by atoms with Crippen molar-refractivity contribution in [2.24, 2.45) is 0 Å². The largest absolute Gasteiger partial charge is 0.208 e. The van der Waals surface area contributed by atoms with E-state index in [1.165, 1.54) is 37.9 Å². The van der Waals surface area contributed by atoms with E-state index in [9.17, 15) is 0 Å². The number of hydrogen-bond acceptors (Lipinski definition) is 3. The van der Waals surface area contributed by atoms with Crippen LogP contribution in [0.4, 0.5) is 0 Å². The van der Waals surface area contributed by atoms with Gasteiger partial charge in [0.05, 0.1) is 0 Å². The van der Waals surface area contributed by atoms with Crippen molar-refractivity contribution in [3.8, 4) is 56.4 Å². The molecule has 1 aromatic heterocycles. The Bertz CT molecular complexity index is 2590. The minimum Gasteiger partial charge on any atom is -0.208 e. The Morgan fingerprint density at radius 3 is 1.50 bits per heavy atom. The molecule has 0 spiro atoms. The summed E-state index contributed by atoms with van der Waals surface area (Å²) in [6, 6.07) is 61.7. The third-order valence-electron chi connectivity index (χ3n) is 9.10. The molecule has 48 heavy (non-hydrogen) atoms. The molecule has 3 nitrogen and oxygen atoms in total. The molecule has 224 valence electrons. The van der Waals surface area contributed by atoms with Crippen LogP contribution < -0.4 is 0 Å². The van der Waals surface area contributed by atoms with E-state index >= 15 is 0 Å². The molecule has 9 aromatic rings. The first-order valence-electron chi connectivity index (χ1n) is 16.2. The van der Waals surface area contributed by atoms with Crippen LogP contribution in [0.1, 0.15) is 0 Å². The number of rotatable bonds is 5. The standard InChI is InChI=1S/C45H29N3/c1-3-12-30(13-4-1)35-18-11-19-37(28-35)45-47-43(33-15-5-2-6-16-33)46-44(48-45)34-24-22-32(23-25-34)42-39-21-10-8-17-36(39)29-41-38-20-9-7-14-31(38)26-27-40(41)42/h1-29H. The monoisotopic (exact) mass is 611 g/mol. The first-order valence-corrected chi connectivity index (χ1v) is 16.2. The highest BCUT2D eigenvalue weighted by atomic mass is 15.0. The van der Waals surface area contributed by atoms with Gasteiger partial charge in [-0.2, -0.15) is 0 Å². The second-order valence-electron chi connectivity index (χ2n) is 12.1. The Labute approximate surface area is 278 Å². The number of fused-ring (bicyclic) bond motifs is 4. The van der Waals surface area contributed by atoms with Gasteiger partial charge in [0, 0.05) is 16.7 Å². The van der Waals surface area contributed by atoms with E-state index in [0.29, 0.717) is 17.5 Å². The molecule has 0 saturated heterocycles. The Morgan fingerprint density at radius 1 is 0.250 bits per heavy atom. The molecule has 0 aliphatic rings. The van der Waals surface area contributed by atoms with E-state index in [2.05, 4.69) is 140 Å². The maximum absolute atomic E-state index is 5.05. The summed E-state index contributed by atoms with van der Waals surface area (Å²) in [5, 5.41) is 7.48. The predicted molar refractivity (Wildman–Crippen MR) is 200 cm³/mol. The van der Waals surface area contributed by atoms with Crippen molar-refractivity contribution >= 4 is 32.3 Å². The van der Waals surface area contributed by atoms with Crippen LogP contribution in [0.25, 0.3) is 88.7 Å². The first-order chi connectivity index (χ1) is 23.8. The van der Waals surface area contributed by atoms with Gasteiger partial charge in [-0.25, -0.2) is 15.0 Å². The Hall–Kier alpha value is -6.45. The molecular weight excluding hydrogens is 583 g/mol. The predicted octanol–water partition coefficient (Wildman–Crippen LogP) is 11.7. The third kappa shape index (κ3) is 4.99. The van der Waals surface area contributed by atoms with Gasteiger partial charge < -0.3 is 0 Å². The lowest BCUT2D eigenvalue weighted by Gasteiger charge is -2.14. The zero-order valence-corrected chi connectivity index (χ0v) is 26.1. The number of benzene rings is 8. The molecule has 0 aliphatic heterocycles. The van der Waals surface area contributed by atoms with Gasteiger partial charge in [-0.3, -0.25) is 0 Å². The van der Waals surface area contributed by atoms with E-state index in [4.69, 9.17) is 15.0 Å². The van der Waals surface area contributed by atoms with Crippen molar-refractivity contribution < 1.29 is 0 Å². The fourth-order valence-electron chi connectivity index (χ4n) is 6.74. The number of nitrogens with zero attached hydrogens (tertiary/aromatic N) is 3. The van der Waals surface area contributed by atoms with E-state index in [1.54, 1.807) is 0 Å². The summed E-state index contributed by atoms with van der Waals surface area (Å²) < 4.78 is 0. The zero-order valence-electron chi connectivity index (χ0n) is 26.1. The molecule has 0 bridgehead atoms. The van der Waals surface area contributed by atoms with Crippen molar-refractivity contribution in [2.45, 2.75) is 0 Å². The van der Waals surface area contributed by atoms with Crippen molar-refractivity contribution in [1.29, 1.82) is 0 Å². The molecule has 8 aromatic carbocycles. The second-order valence-corrected chi connectivity index (χ2v) is 12.1. The summed E-state index contributed by atoms with van der Waals surface area (Å²) in [4.78, 5) is 15.0. The van der Waals surface area contributed by atoms with E-state index in [-0.39, 0.29) is 0 Å². The lowest BCUT2D eigenvalue weighted by atomic mass is 9.89. The summed E-state index contributed by atoms with van der Waals surface area (Å²) in [7, 11) is 0. The molecule has 0 unspecified atom stereocenters. The summed E-state index contributed by atoms with van der Waals surface area (Å²) >= 11 is 0. The van der Waals surface area contributed by atoms with E-state index < -0.39 is 0 Å². The zero-order chi connectivity index (χ0) is 31.9. The first kappa shape index (κ1) is 27.8. The number of aromatic nitrogens is 3. The van der Waals surface area contributed by atoms with Crippen molar-refractivity contribution in [3.63, 3.8) is 0 Å². The Balaban J connectivity index is 1.19. The van der Waals surface area contributed by atoms with Crippen LogP contribution in [0, 0.1) is 0 Å². The SMILES string of the molecule is c1ccc(-c2cccc(-c3nc(-c4ccccc4)nc(-c4ccc(-c5c6ccccc6cc6c5ccc5ccccc56)cc4)n3)c2)cc1. The van der Waals surface area contributed by atoms with Gasteiger partial charge in [-0.05, 0) is 66.7 Å². The number of hydrogen-bond donors (Lipinski definition) is 0. The van der Waals surface area contributed by atoms with E-state index in [0.717, 1.165) is 33.4 Å². The average molecular weight is 612 g/mol. The molecule has 0 amide bonds. The molecule has 1 heterocycles.